The lowest BCUT2D eigenvalue weighted by atomic mass is 9.77. The molecule has 0 bridgehead atoms. The van der Waals surface area contributed by atoms with E-state index in [9.17, 15) is 0 Å². The van der Waals surface area contributed by atoms with Gasteiger partial charge in [0.05, 0.1) is 22.6 Å². The van der Waals surface area contributed by atoms with Crippen molar-refractivity contribution in [2.24, 2.45) is 0 Å². The Labute approximate surface area is 284 Å². The number of aromatic nitrogens is 2. The minimum absolute atomic E-state index is 0.295. The van der Waals surface area contributed by atoms with Gasteiger partial charge in [-0.15, -0.1) is 0 Å². The molecule has 5 aromatic rings. The smallest absolute Gasteiger partial charge is 0.194 e. The van der Waals surface area contributed by atoms with Gasteiger partial charge in [0, 0.05) is 39.6 Å². The van der Waals surface area contributed by atoms with Crippen LogP contribution in [0.25, 0.3) is 39.3 Å². The van der Waals surface area contributed by atoms with E-state index in [0.717, 1.165) is 25.7 Å². The van der Waals surface area contributed by atoms with Crippen LogP contribution in [0.1, 0.15) is 48.4 Å². The second-order valence-electron chi connectivity index (χ2n) is 15.8. The number of fused-ring (bicyclic) bond motifs is 9. The third kappa shape index (κ3) is 5.70. The fourth-order valence-corrected chi connectivity index (χ4v) is 11.5. The van der Waals surface area contributed by atoms with Crippen LogP contribution in [0, 0.1) is 0 Å². The number of pyridine rings is 2. The van der Waals surface area contributed by atoms with Crippen LogP contribution in [0.15, 0.2) is 110 Å². The summed E-state index contributed by atoms with van der Waals surface area (Å²) in [6.07, 6.45) is 9.18. The highest BCUT2D eigenvalue weighted by molar-refractivity contribution is 6.89. The zero-order chi connectivity index (χ0) is 33.1. The predicted molar refractivity (Wildman–Crippen MR) is 205 cm³/mol. The Kier molecular flexibility index (Phi) is 8.09. The van der Waals surface area contributed by atoms with Crippen LogP contribution in [0.3, 0.4) is 0 Å². The van der Waals surface area contributed by atoms with Crippen molar-refractivity contribution in [2.75, 3.05) is 0 Å². The highest BCUT2D eigenvalue weighted by Crippen LogP contribution is 2.44. The van der Waals surface area contributed by atoms with E-state index in [1.165, 1.54) is 61.2 Å². The summed E-state index contributed by atoms with van der Waals surface area (Å²) in [5.41, 5.74) is 13.7. The molecule has 238 valence electrons. The fraction of sp³-hybridized carbons (Fsp3) is 0.302. The van der Waals surface area contributed by atoms with E-state index >= 15 is 0 Å². The standard InChI is InChI=1S/C43H50N2Si2/c1-9-31-26-40-36-22-16-15-21-35(36)37-24-23-33-19-13-14-20-34(33)41-27-38(32-17-11-10-12-18-32)43(47(6,7)8)29-44(41)30(2)25-39(37)45(40)28-42(31)46(3,4)5/h10-22,26-29,37,39H,2,9,23-25H2,1,3-8H3/q+2. The van der Waals surface area contributed by atoms with Crippen molar-refractivity contribution in [3.8, 4) is 33.6 Å². The lowest BCUT2D eigenvalue weighted by molar-refractivity contribution is -0.719. The predicted octanol–water partition coefficient (Wildman–Crippen LogP) is 9.06. The van der Waals surface area contributed by atoms with Crippen LogP contribution in [-0.2, 0) is 12.8 Å². The summed E-state index contributed by atoms with van der Waals surface area (Å²) in [7, 11) is -3.31. The molecule has 0 amide bonds. The van der Waals surface area contributed by atoms with Crippen molar-refractivity contribution < 1.29 is 9.13 Å². The molecule has 7 rings (SSSR count). The van der Waals surface area contributed by atoms with Crippen molar-refractivity contribution in [1.29, 1.82) is 0 Å². The van der Waals surface area contributed by atoms with E-state index in [0.29, 0.717) is 12.0 Å². The van der Waals surface area contributed by atoms with Crippen molar-refractivity contribution in [2.45, 2.75) is 83.8 Å². The first-order valence-corrected chi connectivity index (χ1v) is 24.6. The Balaban J connectivity index is 1.48. The maximum Gasteiger partial charge on any atom is 0.218 e. The molecule has 2 unspecified atom stereocenters. The second-order valence-corrected chi connectivity index (χ2v) is 25.9. The maximum absolute atomic E-state index is 4.93. The van der Waals surface area contributed by atoms with Gasteiger partial charge in [-0.25, -0.2) is 0 Å². The number of hydrogen-bond acceptors (Lipinski definition) is 0. The first-order chi connectivity index (χ1) is 22.5. The lowest BCUT2D eigenvalue weighted by Crippen LogP contribution is -2.55. The lowest BCUT2D eigenvalue weighted by Gasteiger charge is -2.33. The number of aryl methyl sites for hydroxylation is 2. The average molecular weight is 651 g/mol. The first-order valence-electron chi connectivity index (χ1n) is 17.6. The average Bonchev–Trinajstić information content (AvgIpc) is 3.06. The normalized spacial score (nSPS) is 17.6. The molecular formula is C43H50N2Si2+2. The van der Waals surface area contributed by atoms with Crippen LogP contribution < -0.4 is 19.5 Å². The Morgan fingerprint density at radius 1 is 0.702 bits per heavy atom. The van der Waals surface area contributed by atoms with Crippen molar-refractivity contribution in [1.82, 2.24) is 0 Å². The number of hydrogen-bond donors (Lipinski definition) is 0. The van der Waals surface area contributed by atoms with E-state index in [1.807, 2.05) is 0 Å². The van der Waals surface area contributed by atoms with Gasteiger partial charge in [0.2, 0.25) is 11.4 Å². The van der Waals surface area contributed by atoms with Gasteiger partial charge in [0.15, 0.2) is 24.1 Å². The molecule has 2 nitrogen and oxygen atoms in total. The molecule has 47 heavy (non-hydrogen) atoms. The Hall–Kier alpha value is -3.87. The minimum atomic E-state index is -1.73. The van der Waals surface area contributed by atoms with E-state index in [2.05, 4.69) is 159 Å². The van der Waals surface area contributed by atoms with E-state index in [4.69, 9.17) is 6.58 Å². The minimum Gasteiger partial charge on any atom is -0.194 e. The molecular weight excluding hydrogens is 601 g/mol. The quantitative estimate of drug-likeness (QED) is 0.135. The second kappa shape index (κ2) is 12.0. The summed E-state index contributed by atoms with van der Waals surface area (Å²) in [5.74, 6) is 0.401. The van der Waals surface area contributed by atoms with Gasteiger partial charge >= 0.3 is 0 Å². The van der Waals surface area contributed by atoms with Crippen molar-refractivity contribution >= 4 is 32.2 Å². The zero-order valence-corrected chi connectivity index (χ0v) is 31.4. The molecule has 4 heteroatoms. The van der Waals surface area contributed by atoms with Crippen molar-refractivity contribution in [3.63, 3.8) is 0 Å². The zero-order valence-electron chi connectivity index (χ0n) is 29.4. The van der Waals surface area contributed by atoms with Crippen molar-refractivity contribution in [3.05, 3.63) is 127 Å². The Bertz CT molecular complexity index is 2000. The highest BCUT2D eigenvalue weighted by atomic mass is 28.3. The van der Waals surface area contributed by atoms with Gasteiger partial charge in [-0.3, -0.25) is 0 Å². The fourth-order valence-electron chi connectivity index (χ4n) is 8.23. The number of allylic oxidation sites excluding steroid dienone is 1. The first kappa shape index (κ1) is 31.7. The van der Waals surface area contributed by atoms with Gasteiger partial charge in [0.25, 0.3) is 0 Å². The molecule has 0 saturated carbocycles. The number of rotatable bonds is 4. The molecule has 0 saturated heterocycles. The molecule has 3 aromatic carbocycles. The third-order valence-electron chi connectivity index (χ3n) is 10.6. The van der Waals surface area contributed by atoms with E-state index in [-0.39, 0.29) is 0 Å². The Morgan fingerprint density at radius 2 is 1.36 bits per heavy atom. The molecule has 2 atom stereocenters. The van der Waals surface area contributed by atoms with Crippen LogP contribution in [-0.4, -0.2) is 16.1 Å². The molecule has 2 aromatic heterocycles. The van der Waals surface area contributed by atoms with E-state index in [1.54, 1.807) is 5.19 Å². The third-order valence-corrected chi connectivity index (χ3v) is 14.7. The number of nitrogens with zero attached hydrogens (tertiary/aromatic N) is 2. The van der Waals surface area contributed by atoms with Gasteiger partial charge in [0.1, 0.15) is 0 Å². The summed E-state index contributed by atoms with van der Waals surface area (Å²) in [6, 6.07) is 34.7. The van der Waals surface area contributed by atoms with Crippen LogP contribution >= 0.6 is 0 Å². The molecule has 0 radical (unpaired) electrons. The highest BCUT2D eigenvalue weighted by Gasteiger charge is 2.44. The van der Waals surface area contributed by atoms with Crippen LogP contribution in [0.5, 0.6) is 0 Å². The largest absolute Gasteiger partial charge is 0.218 e. The molecule has 0 spiro atoms. The van der Waals surface area contributed by atoms with Gasteiger partial charge in [-0.1, -0.05) is 113 Å². The SMILES string of the molecule is C=C1CC2C(CCc3ccccc3-c3cc(-c4ccccc4)c([Si](C)(C)C)c[n+]31)c1ccccc1-c1cc(CC)c([Si](C)(C)C)c[n+]12. The summed E-state index contributed by atoms with van der Waals surface area (Å²) in [4.78, 5) is 0. The molecule has 2 aliphatic rings. The summed E-state index contributed by atoms with van der Waals surface area (Å²) in [6.45, 7) is 22.2. The van der Waals surface area contributed by atoms with Gasteiger partial charge in [-0.2, -0.15) is 9.13 Å². The molecule has 0 aliphatic carbocycles. The Morgan fingerprint density at radius 3 is 2.06 bits per heavy atom. The van der Waals surface area contributed by atoms with Crippen LogP contribution in [0.2, 0.25) is 39.3 Å². The number of benzene rings is 3. The topological polar surface area (TPSA) is 7.76 Å². The van der Waals surface area contributed by atoms with Gasteiger partial charge < -0.3 is 0 Å². The summed E-state index contributed by atoms with van der Waals surface area (Å²) >= 11 is 0. The maximum atomic E-state index is 4.93. The molecule has 0 fully saturated rings. The summed E-state index contributed by atoms with van der Waals surface area (Å²) < 4.78 is 5.18. The van der Waals surface area contributed by atoms with Gasteiger partial charge in [-0.05, 0) is 65.8 Å². The molecule has 4 heterocycles. The van der Waals surface area contributed by atoms with E-state index < -0.39 is 16.1 Å². The van der Waals surface area contributed by atoms with Crippen LogP contribution in [0.4, 0.5) is 0 Å². The molecule has 0 N–H and O–H groups in total. The monoisotopic (exact) mass is 650 g/mol. The summed E-state index contributed by atoms with van der Waals surface area (Å²) in [5, 5.41) is 3.08. The molecule has 2 aliphatic heterocycles.